The van der Waals surface area contributed by atoms with Crippen molar-refractivity contribution < 1.29 is 4.42 Å². The van der Waals surface area contributed by atoms with Gasteiger partial charge in [0.15, 0.2) is 0 Å². The van der Waals surface area contributed by atoms with Crippen LogP contribution in [0.2, 0.25) is 5.02 Å². The molecule has 3 nitrogen and oxygen atoms in total. The number of aromatic nitrogens is 2. The van der Waals surface area contributed by atoms with Gasteiger partial charge in [-0.25, -0.2) is 4.98 Å². The third-order valence-corrected chi connectivity index (χ3v) is 4.39. The van der Waals surface area contributed by atoms with Crippen LogP contribution in [0.25, 0.3) is 11.5 Å². The summed E-state index contributed by atoms with van der Waals surface area (Å²) < 4.78 is 6.00. The van der Waals surface area contributed by atoms with Gasteiger partial charge >= 0.3 is 0 Å². The van der Waals surface area contributed by atoms with E-state index in [2.05, 4.69) is 16.0 Å². The third kappa shape index (κ3) is 2.53. The molecule has 1 atom stereocenters. The van der Waals surface area contributed by atoms with Crippen LogP contribution >= 0.6 is 11.6 Å². The van der Waals surface area contributed by atoms with Gasteiger partial charge in [0.25, 0.3) is 0 Å². The summed E-state index contributed by atoms with van der Waals surface area (Å²) in [6.45, 7) is 0. The lowest BCUT2D eigenvalue weighted by Gasteiger charge is -2.19. The van der Waals surface area contributed by atoms with E-state index in [0.717, 1.165) is 47.0 Å². The maximum absolute atomic E-state index is 6.00. The summed E-state index contributed by atoms with van der Waals surface area (Å²) >= 11 is 5.93. The third-order valence-electron chi connectivity index (χ3n) is 4.14. The van der Waals surface area contributed by atoms with Gasteiger partial charge in [-0.3, -0.25) is 4.98 Å². The van der Waals surface area contributed by atoms with E-state index in [4.69, 9.17) is 16.0 Å². The number of rotatable bonds is 2. The zero-order valence-electron chi connectivity index (χ0n) is 12.0. The van der Waals surface area contributed by atoms with Crippen molar-refractivity contribution in [3.8, 4) is 11.5 Å². The minimum absolute atomic E-state index is 0.416. The van der Waals surface area contributed by atoms with Crippen LogP contribution in [0.5, 0.6) is 0 Å². The Balaban J connectivity index is 1.62. The Labute approximate surface area is 134 Å². The van der Waals surface area contributed by atoms with Gasteiger partial charge in [-0.05, 0) is 49.2 Å². The van der Waals surface area contributed by atoms with Crippen molar-refractivity contribution in [3.05, 3.63) is 70.8 Å². The topological polar surface area (TPSA) is 38.9 Å². The SMILES string of the molecule is Clc1ccc(-c2nc3c(o2)CC(c2ccccn2)CC3)cc1. The molecule has 0 radical (unpaired) electrons. The van der Waals surface area contributed by atoms with Gasteiger partial charge in [-0.1, -0.05) is 17.7 Å². The lowest BCUT2D eigenvalue weighted by atomic mass is 9.88. The smallest absolute Gasteiger partial charge is 0.226 e. The van der Waals surface area contributed by atoms with Crippen molar-refractivity contribution in [3.63, 3.8) is 0 Å². The molecule has 0 N–H and O–H groups in total. The molecule has 0 fully saturated rings. The van der Waals surface area contributed by atoms with Crippen molar-refractivity contribution in [2.24, 2.45) is 0 Å². The second-order valence-corrected chi connectivity index (χ2v) is 6.03. The summed E-state index contributed by atoms with van der Waals surface area (Å²) in [4.78, 5) is 9.12. The predicted octanol–water partition coefficient (Wildman–Crippen LogP) is 4.66. The number of pyridine rings is 1. The molecule has 3 aromatic rings. The summed E-state index contributed by atoms with van der Waals surface area (Å²) in [5.74, 6) is 2.09. The van der Waals surface area contributed by atoms with Crippen molar-refractivity contribution in [2.45, 2.75) is 25.2 Å². The van der Waals surface area contributed by atoms with Crippen LogP contribution in [-0.4, -0.2) is 9.97 Å². The van der Waals surface area contributed by atoms with Gasteiger partial charge in [-0.15, -0.1) is 0 Å². The van der Waals surface area contributed by atoms with E-state index in [0.29, 0.717) is 11.8 Å². The largest absolute Gasteiger partial charge is 0.441 e. The lowest BCUT2D eigenvalue weighted by Crippen LogP contribution is -2.12. The maximum atomic E-state index is 6.00. The summed E-state index contributed by atoms with van der Waals surface area (Å²) in [7, 11) is 0. The Bertz CT molecular complexity index is 781. The average Bonchev–Trinajstić information content (AvgIpc) is 2.99. The molecule has 2 heterocycles. The molecule has 1 aliphatic rings. The first-order valence-corrected chi connectivity index (χ1v) is 7.83. The number of benzene rings is 1. The van der Waals surface area contributed by atoms with E-state index >= 15 is 0 Å². The van der Waals surface area contributed by atoms with Crippen molar-refractivity contribution >= 4 is 11.6 Å². The van der Waals surface area contributed by atoms with Crippen LogP contribution in [0, 0.1) is 0 Å². The van der Waals surface area contributed by atoms with Gasteiger partial charge in [0.05, 0.1) is 5.69 Å². The molecule has 4 heteroatoms. The fraction of sp³-hybridized carbons (Fsp3) is 0.222. The maximum Gasteiger partial charge on any atom is 0.226 e. The highest BCUT2D eigenvalue weighted by atomic mass is 35.5. The highest BCUT2D eigenvalue weighted by molar-refractivity contribution is 6.30. The van der Waals surface area contributed by atoms with Gasteiger partial charge in [0.1, 0.15) is 5.76 Å². The molecule has 0 bridgehead atoms. The Hall–Kier alpha value is -2.13. The van der Waals surface area contributed by atoms with E-state index in [1.165, 1.54) is 0 Å². The number of hydrogen-bond acceptors (Lipinski definition) is 3. The fourth-order valence-electron chi connectivity index (χ4n) is 2.96. The number of fused-ring (bicyclic) bond motifs is 1. The molecule has 22 heavy (non-hydrogen) atoms. The Morgan fingerprint density at radius 3 is 2.73 bits per heavy atom. The average molecular weight is 311 g/mol. The highest BCUT2D eigenvalue weighted by Crippen LogP contribution is 2.34. The van der Waals surface area contributed by atoms with Crippen LogP contribution in [0.4, 0.5) is 0 Å². The first-order valence-electron chi connectivity index (χ1n) is 7.45. The van der Waals surface area contributed by atoms with E-state index < -0.39 is 0 Å². The summed E-state index contributed by atoms with van der Waals surface area (Å²) in [5.41, 5.74) is 3.18. The van der Waals surface area contributed by atoms with Crippen LogP contribution in [0.15, 0.2) is 53.1 Å². The van der Waals surface area contributed by atoms with Gasteiger partial charge < -0.3 is 4.42 Å². The van der Waals surface area contributed by atoms with Crippen LogP contribution in [-0.2, 0) is 12.8 Å². The van der Waals surface area contributed by atoms with Crippen LogP contribution in [0.1, 0.15) is 29.5 Å². The number of halogens is 1. The lowest BCUT2D eigenvalue weighted by molar-refractivity contribution is 0.454. The molecule has 1 aromatic carbocycles. The summed E-state index contributed by atoms with van der Waals surface area (Å²) in [5, 5.41) is 0.718. The van der Waals surface area contributed by atoms with E-state index in [1.807, 2.05) is 42.6 Å². The molecular formula is C18H15ClN2O. The molecular weight excluding hydrogens is 296 g/mol. The fourth-order valence-corrected chi connectivity index (χ4v) is 3.09. The quantitative estimate of drug-likeness (QED) is 0.691. The van der Waals surface area contributed by atoms with E-state index in [1.54, 1.807) is 0 Å². The number of oxazole rings is 1. The summed E-state index contributed by atoms with van der Waals surface area (Å²) in [6, 6.07) is 13.7. The Morgan fingerprint density at radius 1 is 1.09 bits per heavy atom. The van der Waals surface area contributed by atoms with Crippen LogP contribution in [0.3, 0.4) is 0 Å². The van der Waals surface area contributed by atoms with E-state index in [-0.39, 0.29) is 0 Å². The zero-order valence-corrected chi connectivity index (χ0v) is 12.8. The highest BCUT2D eigenvalue weighted by Gasteiger charge is 2.26. The minimum Gasteiger partial charge on any atom is -0.441 e. The van der Waals surface area contributed by atoms with Crippen molar-refractivity contribution in [1.29, 1.82) is 0 Å². The first-order chi connectivity index (χ1) is 10.8. The molecule has 110 valence electrons. The number of aryl methyl sites for hydroxylation is 1. The molecule has 1 aliphatic carbocycles. The molecule has 0 aliphatic heterocycles. The minimum atomic E-state index is 0.416. The van der Waals surface area contributed by atoms with Crippen molar-refractivity contribution in [1.82, 2.24) is 9.97 Å². The standard InChI is InChI=1S/C18H15ClN2O/c19-14-7-4-12(5-8-14)18-21-16-9-6-13(11-17(16)22-18)15-3-1-2-10-20-15/h1-5,7-8,10,13H,6,9,11H2. The monoisotopic (exact) mass is 310 g/mol. The molecule has 2 aromatic heterocycles. The van der Waals surface area contributed by atoms with Crippen LogP contribution < -0.4 is 0 Å². The Kier molecular flexibility index (Phi) is 3.43. The molecule has 4 rings (SSSR count). The van der Waals surface area contributed by atoms with E-state index in [9.17, 15) is 0 Å². The predicted molar refractivity (Wildman–Crippen MR) is 86.0 cm³/mol. The van der Waals surface area contributed by atoms with Crippen molar-refractivity contribution in [2.75, 3.05) is 0 Å². The molecule has 0 amide bonds. The summed E-state index contributed by atoms with van der Waals surface area (Å²) in [6.07, 6.45) is 4.72. The van der Waals surface area contributed by atoms with Gasteiger partial charge in [-0.2, -0.15) is 0 Å². The first kappa shape index (κ1) is 13.5. The second kappa shape index (κ2) is 5.58. The zero-order chi connectivity index (χ0) is 14.9. The number of hydrogen-bond donors (Lipinski definition) is 0. The normalized spacial score (nSPS) is 17.2. The molecule has 0 saturated heterocycles. The van der Waals surface area contributed by atoms with Gasteiger partial charge in [0.2, 0.25) is 5.89 Å². The second-order valence-electron chi connectivity index (χ2n) is 5.59. The molecule has 1 unspecified atom stereocenters. The van der Waals surface area contributed by atoms with Gasteiger partial charge in [0, 0.05) is 34.8 Å². The molecule has 0 saturated carbocycles. The number of nitrogens with zero attached hydrogens (tertiary/aromatic N) is 2. The molecule has 0 spiro atoms. The Morgan fingerprint density at radius 2 is 1.95 bits per heavy atom.